The van der Waals surface area contributed by atoms with E-state index in [9.17, 15) is 0 Å². The monoisotopic (exact) mass is 144 g/mol. The van der Waals surface area contributed by atoms with Crippen molar-refractivity contribution in [3.05, 3.63) is 0 Å². The van der Waals surface area contributed by atoms with E-state index in [1.807, 2.05) is 0 Å². The first-order valence-corrected chi connectivity index (χ1v) is 3.92. The molecule has 0 fully saturated rings. The first-order chi connectivity index (χ1) is 4.57. The molecule has 0 unspecified atom stereocenters. The molecule has 0 saturated heterocycles. The molecule has 0 aromatic rings. The summed E-state index contributed by atoms with van der Waals surface area (Å²) in [6, 6.07) is 0. The molecule has 0 aromatic carbocycles. The average Bonchev–Trinajstić information content (AvgIpc) is 1.81. The fourth-order valence-corrected chi connectivity index (χ4v) is 1.03. The topological polar surface area (TPSA) is 29.3 Å². The van der Waals surface area contributed by atoms with Crippen molar-refractivity contribution in [3.63, 3.8) is 0 Å². The van der Waals surface area contributed by atoms with Gasteiger partial charge >= 0.3 is 0 Å². The zero-order valence-electron chi connectivity index (χ0n) is 7.59. The third-order valence-electron chi connectivity index (χ3n) is 1.85. The van der Waals surface area contributed by atoms with Crippen LogP contribution in [0.5, 0.6) is 0 Å². The first kappa shape index (κ1) is 9.92. The van der Waals surface area contributed by atoms with E-state index in [1.54, 1.807) is 0 Å². The van der Waals surface area contributed by atoms with E-state index in [-0.39, 0.29) is 0 Å². The number of hydrogen-bond donors (Lipinski definition) is 1. The highest BCUT2D eigenvalue weighted by Gasteiger charge is 2.11. The van der Waals surface area contributed by atoms with E-state index in [0.717, 1.165) is 13.1 Å². The second-order valence-electron chi connectivity index (χ2n) is 3.50. The van der Waals surface area contributed by atoms with Crippen molar-refractivity contribution in [1.29, 1.82) is 0 Å². The van der Waals surface area contributed by atoms with Crippen LogP contribution in [0.25, 0.3) is 0 Å². The van der Waals surface area contributed by atoms with Gasteiger partial charge in [-0.1, -0.05) is 13.8 Å². The van der Waals surface area contributed by atoms with Crippen LogP contribution in [0.15, 0.2) is 0 Å². The van der Waals surface area contributed by atoms with E-state index in [2.05, 4.69) is 32.8 Å². The molecule has 0 aliphatic heterocycles. The van der Waals surface area contributed by atoms with Gasteiger partial charge in [0.2, 0.25) is 0 Å². The molecule has 0 aromatic heterocycles. The number of hydrogen-bond acceptors (Lipinski definition) is 2. The van der Waals surface area contributed by atoms with Crippen LogP contribution >= 0.6 is 0 Å². The van der Waals surface area contributed by atoms with Crippen LogP contribution in [0.2, 0.25) is 0 Å². The maximum Gasteiger partial charge on any atom is 0.00181 e. The van der Waals surface area contributed by atoms with Crippen molar-refractivity contribution in [3.8, 4) is 0 Å². The summed E-state index contributed by atoms with van der Waals surface area (Å²) in [7, 11) is 4.18. The molecular formula is C8H20N2. The molecule has 0 saturated carbocycles. The summed E-state index contributed by atoms with van der Waals surface area (Å²) in [5, 5.41) is 0. The van der Waals surface area contributed by atoms with Crippen LogP contribution in [-0.4, -0.2) is 32.1 Å². The lowest BCUT2D eigenvalue weighted by molar-refractivity contribution is 0.275. The Labute approximate surface area is 64.4 Å². The molecule has 0 aliphatic carbocycles. The molecule has 2 N–H and O–H groups in total. The summed E-state index contributed by atoms with van der Waals surface area (Å²) in [4.78, 5) is 2.19. The van der Waals surface area contributed by atoms with Gasteiger partial charge in [-0.2, -0.15) is 0 Å². The fraction of sp³-hybridized carbons (Fsp3) is 1.00. The average molecular weight is 144 g/mol. The molecule has 0 spiro atoms. The lowest BCUT2D eigenvalue weighted by Gasteiger charge is -2.22. The van der Waals surface area contributed by atoms with Crippen molar-refractivity contribution >= 4 is 0 Å². The van der Waals surface area contributed by atoms with Gasteiger partial charge in [0.1, 0.15) is 0 Å². The largest absolute Gasteiger partial charge is 0.330 e. The fourth-order valence-electron chi connectivity index (χ4n) is 1.03. The van der Waals surface area contributed by atoms with E-state index >= 15 is 0 Å². The van der Waals surface area contributed by atoms with Gasteiger partial charge in [-0.3, -0.25) is 0 Å². The van der Waals surface area contributed by atoms with Crippen molar-refractivity contribution in [2.75, 3.05) is 27.2 Å². The SMILES string of the molecule is CC(C)[C@@H](CN)CN(C)C. The second-order valence-corrected chi connectivity index (χ2v) is 3.50. The molecule has 62 valence electrons. The smallest absolute Gasteiger partial charge is 0.00181 e. The van der Waals surface area contributed by atoms with Crippen molar-refractivity contribution in [2.45, 2.75) is 13.8 Å². The lowest BCUT2D eigenvalue weighted by Crippen LogP contribution is -2.30. The molecular weight excluding hydrogens is 124 g/mol. The number of rotatable bonds is 4. The minimum Gasteiger partial charge on any atom is -0.330 e. The van der Waals surface area contributed by atoms with Gasteiger partial charge in [-0.15, -0.1) is 0 Å². The molecule has 0 aliphatic rings. The molecule has 0 amide bonds. The minimum atomic E-state index is 0.648. The van der Waals surface area contributed by atoms with Crippen molar-refractivity contribution in [1.82, 2.24) is 4.90 Å². The van der Waals surface area contributed by atoms with Crippen LogP contribution in [0.1, 0.15) is 13.8 Å². The first-order valence-electron chi connectivity index (χ1n) is 3.92. The standard InChI is InChI=1S/C8H20N2/c1-7(2)8(5-9)6-10(3)4/h7-8H,5-6,9H2,1-4H3/t8-/m0/s1. The molecule has 10 heavy (non-hydrogen) atoms. The lowest BCUT2D eigenvalue weighted by atomic mass is 9.96. The zero-order chi connectivity index (χ0) is 8.15. The van der Waals surface area contributed by atoms with Gasteiger partial charge in [0.05, 0.1) is 0 Å². The Hall–Kier alpha value is -0.0800. The predicted octanol–water partition coefficient (Wildman–Crippen LogP) is 0.779. The highest BCUT2D eigenvalue weighted by molar-refractivity contribution is 4.65. The quantitative estimate of drug-likeness (QED) is 0.632. The zero-order valence-corrected chi connectivity index (χ0v) is 7.59. The van der Waals surface area contributed by atoms with E-state index in [0.29, 0.717) is 11.8 Å². The molecule has 2 nitrogen and oxygen atoms in total. The van der Waals surface area contributed by atoms with Crippen molar-refractivity contribution < 1.29 is 0 Å². The highest BCUT2D eigenvalue weighted by atomic mass is 15.1. The van der Waals surface area contributed by atoms with Gasteiger partial charge in [-0.05, 0) is 32.5 Å². The number of nitrogens with two attached hydrogens (primary N) is 1. The van der Waals surface area contributed by atoms with Gasteiger partial charge < -0.3 is 10.6 Å². The maximum atomic E-state index is 5.60. The van der Waals surface area contributed by atoms with Gasteiger partial charge in [0.25, 0.3) is 0 Å². The Morgan fingerprint density at radius 3 is 1.90 bits per heavy atom. The Kier molecular flexibility index (Phi) is 4.65. The minimum absolute atomic E-state index is 0.648. The molecule has 2 heteroatoms. The predicted molar refractivity (Wildman–Crippen MR) is 45.9 cm³/mol. The Morgan fingerprint density at radius 1 is 1.30 bits per heavy atom. The summed E-state index contributed by atoms with van der Waals surface area (Å²) < 4.78 is 0. The van der Waals surface area contributed by atoms with Gasteiger partial charge in [-0.25, -0.2) is 0 Å². The normalized spacial score (nSPS) is 14.7. The Morgan fingerprint density at radius 2 is 1.80 bits per heavy atom. The second kappa shape index (κ2) is 4.69. The molecule has 0 rings (SSSR count). The summed E-state index contributed by atoms with van der Waals surface area (Å²) in [6.45, 7) is 6.35. The van der Waals surface area contributed by atoms with Crippen LogP contribution in [0.3, 0.4) is 0 Å². The van der Waals surface area contributed by atoms with Crippen LogP contribution in [-0.2, 0) is 0 Å². The summed E-state index contributed by atoms with van der Waals surface area (Å²) in [6.07, 6.45) is 0. The molecule has 0 bridgehead atoms. The highest BCUT2D eigenvalue weighted by Crippen LogP contribution is 2.08. The van der Waals surface area contributed by atoms with E-state index < -0.39 is 0 Å². The third kappa shape index (κ3) is 3.85. The van der Waals surface area contributed by atoms with E-state index in [4.69, 9.17) is 5.73 Å². The van der Waals surface area contributed by atoms with Crippen LogP contribution in [0.4, 0.5) is 0 Å². The number of nitrogens with zero attached hydrogens (tertiary/aromatic N) is 1. The summed E-state index contributed by atoms with van der Waals surface area (Å²) in [5.74, 6) is 1.35. The summed E-state index contributed by atoms with van der Waals surface area (Å²) in [5.41, 5.74) is 5.60. The van der Waals surface area contributed by atoms with Gasteiger partial charge in [0, 0.05) is 6.54 Å². The van der Waals surface area contributed by atoms with Gasteiger partial charge in [0.15, 0.2) is 0 Å². The van der Waals surface area contributed by atoms with Crippen LogP contribution < -0.4 is 5.73 Å². The molecule has 1 atom stereocenters. The maximum absolute atomic E-state index is 5.60. The van der Waals surface area contributed by atoms with E-state index in [1.165, 1.54) is 0 Å². The Bertz CT molecular complexity index is 79.3. The Balaban J connectivity index is 3.60. The summed E-state index contributed by atoms with van der Waals surface area (Å²) >= 11 is 0. The molecule has 0 radical (unpaired) electrons. The third-order valence-corrected chi connectivity index (χ3v) is 1.85. The molecule has 0 heterocycles. The van der Waals surface area contributed by atoms with Crippen LogP contribution in [0, 0.1) is 11.8 Å². The van der Waals surface area contributed by atoms with Crippen molar-refractivity contribution in [2.24, 2.45) is 17.6 Å².